The molecule has 1 heterocycles. The molecule has 2 saturated carbocycles. The summed E-state index contributed by atoms with van der Waals surface area (Å²) in [4.78, 5) is 37.7. The Kier molecular flexibility index (Phi) is 11.3. The van der Waals surface area contributed by atoms with E-state index in [0.29, 0.717) is 5.57 Å². The van der Waals surface area contributed by atoms with Crippen LogP contribution in [0.3, 0.4) is 0 Å². The zero-order valence-electron chi connectivity index (χ0n) is 27.1. The van der Waals surface area contributed by atoms with Gasteiger partial charge in [0, 0.05) is 87.5 Å². The van der Waals surface area contributed by atoms with Crippen LogP contribution in [0.2, 0.25) is 0 Å². The molecule has 3 fully saturated rings. The van der Waals surface area contributed by atoms with Crippen LogP contribution in [0.1, 0.15) is 68.2 Å². The van der Waals surface area contributed by atoms with Crippen LogP contribution < -0.4 is 5.32 Å². The summed E-state index contributed by atoms with van der Waals surface area (Å²) >= 11 is 0. The first-order valence-electron chi connectivity index (χ1n) is 14.9. The number of rotatable bonds is 6. The standard InChI is InChI=1S/C31H47NO12.Ac/c1-13(2)9-17(32-15(4)33)22(36)27(39)44-18-11-31(41)26(43-16(5)34)24-29(8,19(35)10-20-30(24,40)12-42-20)25(38)23(37)21(14(18)3)28(31,6)7;/h9,17-20,22-26,35-38,40-41H,10-12H2,1-8H3,(H,32,33);/t17-,18?,19-,20+,22+,23+,24-,25+,26-,29+,30-,31+;/m0./s1. The van der Waals surface area contributed by atoms with Crippen LogP contribution in [0.5, 0.6) is 0 Å². The maximum Gasteiger partial charge on any atom is 0.338 e. The van der Waals surface area contributed by atoms with Gasteiger partial charge in [-0.3, -0.25) is 9.59 Å². The van der Waals surface area contributed by atoms with Crippen molar-refractivity contribution in [3.8, 4) is 0 Å². The molecular weight excluding hydrogens is 805 g/mol. The summed E-state index contributed by atoms with van der Waals surface area (Å²) in [6.45, 7) is 11.8. The summed E-state index contributed by atoms with van der Waals surface area (Å²) in [7, 11) is 0. The average Bonchev–Trinajstić information content (AvgIpc) is 2.89. The van der Waals surface area contributed by atoms with Gasteiger partial charge in [-0.2, -0.15) is 0 Å². The van der Waals surface area contributed by atoms with Gasteiger partial charge in [-0.15, -0.1) is 0 Å². The van der Waals surface area contributed by atoms with Crippen molar-refractivity contribution in [2.45, 2.75) is 128 Å². The molecule has 4 aliphatic rings. The van der Waals surface area contributed by atoms with Gasteiger partial charge in [0.15, 0.2) is 6.10 Å². The molecule has 0 aromatic heterocycles. The smallest absolute Gasteiger partial charge is 0.338 e. The first-order chi connectivity index (χ1) is 20.1. The van der Waals surface area contributed by atoms with Crippen LogP contribution in [0.15, 0.2) is 22.8 Å². The topological polar surface area (TPSA) is 212 Å². The molecule has 12 atom stereocenters. The van der Waals surface area contributed by atoms with E-state index < -0.39 is 101 Å². The number of aliphatic hydroxyl groups is 6. The fraction of sp³-hybridized carbons (Fsp3) is 0.774. The predicted octanol–water partition coefficient (Wildman–Crippen LogP) is -0.608. The zero-order chi connectivity index (χ0) is 33.3. The summed E-state index contributed by atoms with van der Waals surface area (Å²) in [6.07, 6.45) is -9.38. The van der Waals surface area contributed by atoms with Gasteiger partial charge in [-0.1, -0.05) is 32.4 Å². The quantitative estimate of drug-likeness (QED) is 0.132. The number of aliphatic hydroxyl groups excluding tert-OH is 4. The summed E-state index contributed by atoms with van der Waals surface area (Å²) in [6, 6.07) is -1.12. The monoisotopic (exact) mass is 852 g/mol. The molecule has 45 heavy (non-hydrogen) atoms. The largest absolute Gasteiger partial charge is 0.459 e. The van der Waals surface area contributed by atoms with Gasteiger partial charge >= 0.3 is 11.9 Å². The second kappa shape index (κ2) is 13.2. The van der Waals surface area contributed by atoms with Crippen LogP contribution in [0, 0.1) is 60.8 Å². The Morgan fingerprint density at radius 3 is 2.13 bits per heavy atom. The number of fused-ring (bicyclic) bond motifs is 5. The fourth-order valence-electron chi connectivity index (χ4n) is 8.18. The Balaban J connectivity index is 0.00000552. The minimum Gasteiger partial charge on any atom is -0.459 e. The Bertz CT molecular complexity index is 1260. The zero-order valence-corrected chi connectivity index (χ0v) is 31.9. The first-order valence-corrected chi connectivity index (χ1v) is 14.9. The molecule has 13 nitrogen and oxygen atoms in total. The first kappa shape index (κ1) is 38.5. The summed E-state index contributed by atoms with van der Waals surface area (Å²) in [5.74, 6) is -3.77. The van der Waals surface area contributed by atoms with E-state index in [2.05, 4.69) is 5.32 Å². The molecule has 0 aromatic carbocycles. The molecule has 1 saturated heterocycles. The molecule has 1 amide bonds. The number of carbonyl (C=O) groups excluding carboxylic acids is 3. The fourth-order valence-corrected chi connectivity index (χ4v) is 8.18. The van der Waals surface area contributed by atoms with Crippen molar-refractivity contribution < 1.29 is 103 Å². The van der Waals surface area contributed by atoms with E-state index >= 15 is 0 Å². The third kappa shape index (κ3) is 6.10. The van der Waals surface area contributed by atoms with Crippen LogP contribution in [-0.2, 0) is 28.6 Å². The van der Waals surface area contributed by atoms with E-state index in [0.717, 1.165) is 6.92 Å². The number of hydrogen-bond donors (Lipinski definition) is 7. The molecule has 7 N–H and O–H groups in total. The van der Waals surface area contributed by atoms with E-state index in [9.17, 15) is 45.0 Å². The van der Waals surface area contributed by atoms with Crippen LogP contribution in [-0.4, -0.2) is 115 Å². The molecule has 4 rings (SSSR count). The van der Waals surface area contributed by atoms with Crippen molar-refractivity contribution in [2.75, 3.05) is 6.61 Å². The van der Waals surface area contributed by atoms with Crippen LogP contribution >= 0.6 is 0 Å². The number of amides is 1. The molecule has 0 spiro atoms. The van der Waals surface area contributed by atoms with Crippen molar-refractivity contribution in [3.05, 3.63) is 22.8 Å². The summed E-state index contributed by atoms with van der Waals surface area (Å²) in [5, 5.41) is 73.1. The number of carbonyl (C=O) groups is 3. The molecule has 2 bridgehead atoms. The number of ether oxygens (including phenoxy) is 3. The van der Waals surface area contributed by atoms with Gasteiger partial charge in [0.2, 0.25) is 5.91 Å². The van der Waals surface area contributed by atoms with Gasteiger partial charge in [0.25, 0.3) is 0 Å². The predicted molar refractivity (Wildman–Crippen MR) is 153 cm³/mol. The average molecular weight is 853 g/mol. The number of nitrogens with one attached hydrogen (secondary N) is 1. The molecule has 14 heteroatoms. The van der Waals surface area contributed by atoms with Crippen molar-refractivity contribution >= 4 is 17.8 Å². The normalized spacial score (nSPS) is 41.2. The minimum absolute atomic E-state index is 0. The summed E-state index contributed by atoms with van der Waals surface area (Å²) < 4.78 is 17.1. The van der Waals surface area contributed by atoms with E-state index in [1.807, 2.05) is 0 Å². The number of esters is 2. The maximum atomic E-state index is 13.3. The van der Waals surface area contributed by atoms with Gasteiger partial charge in [0.1, 0.15) is 29.5 Å². The van der Waals surface area contributed by atoms with Crippen LogP contribution in [0.25, 0.3) is 0 Å². The van der Waals surface area contributed by atoms with Crippen LogP contribution in [0.4, 0.5) is 0 Å². The number of allylic oxidation sites excluding steroid dienone is 1. The van der Waals surface area contributed by atoms with Gasteiger partial charge in [-0.05, 0) is 31.9 Å². The third-order valence-corrected chi connectivity index (χ3v) is 10.6. The number of hydrogen-bond acceptors (Lipinski definition) is 12. The molecule has 3 aliphatic carbocycles. The van der Waals surface area contributed by atoms with Gasteiger partial charge in [0.05, 0.1) is 31.0 Å². The van der Waals surface area contributed by atoms with Crippen molar-refractivity contribution in [2.24, 2.45) is 16.7 Å². The molecule has 1 unspecified atom stereocenters. The van der Waals surface area contributed by atoms with E-state index in [4.69, 9.17) is 14.2 Å². The second-order valence-electron chi connectivity index (χ2n) is 14.0. The summed E-state index contributed by atoms with van der Waals surface area (Å²) in [5.41, 5.74) is -5.97. The third-order valence-electron chi connectivity index (χ3n) is 10.6. The van der Waals surface area contributed by atoms with Crippen molar-refractivity contribution in [1.82, 2.24) is 5.32 Å². The molecular formula is C31H47AcNO12. The van der Waals surface area contributed by atoms with Gasteiger partial charge in [-0.25, -0.2) is 4.79 Å². The van der Waals surface area contributed by atoms with E-state index in [-0.39, 0.29) is 68.2 Å². The minimum atomic E-state index is -2.15. The van der Waals surface area contributed by atoms with Gasteiger partial charge < -0.3 is 50.2 Å². The Morgan fingerprint density at radius 1 is 1.04 bits per heavy atom. The van der Waals surface area contributed by atoms with E-state index in [1.165, 1.54) is 19.9 Å². The Morgan fingerprint density at radius 2 is 1.64 bits per heavy atom. The molecule has 1 aliphatic heterocycles. The maximum absolute atomic E-state index is 13.3. The Labute approximate surface area is 298 Å². The van der Waals surface area contributed by atoms with Crippen molar-refractivity contribution in [1.29, 1.82) is 0 Å². The van der Waals surface area contributed by atoms with Crippen molar-refractivity contribution in [3.63, 3.8) is 0 Å². The second-order valence-corrected chi connectivity index (χ2v) is 14.0. The Hall–Kier alpha value is -0.948. The molecule has 251 valence electrons. The molecule has 0 aromatic rings. The molecule has 1 radical (unpaired) electrons. The van der Waals surface area contributed by atoms with E-state index in [1.54, 1.807) is 34.6 Å². The SMILES string of the molecule is CC(=O)N[C@@H](C=C(C)C)[C@@H](O)C(=O)OC1C[C@@]2(O)[C@@H](OC(C)=O)[C@@H]3[C@]4(O)CO[C@@H]4C[C@H](O)[C@@]3(C)[C@H](O)[C@H](O)C(=C1C)C2(C)C.[Ac].